The van der Waals surface area contributed by atoms with Gasteiger partial charge in [0.2, 0.25) is 0 Å². The number of rotatable bonds is 6. The van der Waals surface area contributed by atoms with E-state index in [1.807, 2.05) is 13.8 Å². The number of amides is 1. The van der Waals surface area contributed by atoms with Crippen LogP contribution in [0.2, 0.25) is 0 Å². The number of nitrogens with one attached hydrogen (secondary N) is 2. The van der Waals surface area contributed by atoms with Crippen LogP contribution < -0.4 is 16.4 Å². The number of anilines is 2. The second-order valence-corrected chi connectivity index (χ2v) is 6.05. The van der Waals surface area contributed by atoms with E-state index in [1.165, 1.54) is 11.5 Å². The highest BCUT2D eigenvalue weighted by Crippen LogP contribution is 2.26. The first-order valence-electron chi connectivity index (χ1n) is 7.18. The second kappa shape index (κ2) is 7.58. The lowest BCUT2D eigenvalue weighted by atomic mass is 10.2. The number of morpholine rings is 1. The Balaban J connectivity index is 1.89. The number of carbonyl (C=O) groups excluding carboxylic acids is 1. The third-order valence-corrected chi connectivity index (χ3v) is 4.00. The zero-order valence-electron chi connectivity index (χ0n) is 12.5. The van der Waals surface area contributed by atoms with Crippen LogP contribution in [-0.2, 0) is 4.74 Å². The fourth-order valence-corrected chi connectivity index (χ4v) is 2.87. The molecule has 1 aromatic rings. The molecule has 8 heteroatoms. The van der Waals surface area contributed by atoms with E-state index in [1.54, 1.807) is 0 Å². The molecule has 0 aromatic carbocycles. The standard InChI is InChI=1S/C13H23N5O2S/c1-9(2)16-12(19)10-11(14)17-21-13(10)15-3-4-18-5-7-20-8-6-18/h9,15H,3-8H2,1-2H3,(H2,14,17)(H,16,19). The number of carbonyl (C=O) groups is 1. The smallest absolute Gasteiger partial charge is 0.258 e. The molecular formula is C13H23N5O2S. The van der Waals surface area contributed by atoms with E-state index < -0.39 is 0 Å². The molecule has 0 unspecified atom stereocenters. The fourth-order valence-electron chi connectivity index (χ4n) is 2.13. The molecule has 1 saturated heterocycles. The quantitative estimate of drug-likeness (QED) is 0.712. The molecule has 7 nitrogen and oxygen atoms in total. The summed E-state index contributed by atoms with van der Waals surface area (Å²) >= 11 is 1.23. The molecular weight excluding hydrogens is 290 g/mol. The van der Waals surface area contributed by atoms with E-state index in [4.69, 9.17) is 10.5 Å². The summed E-state index contributed by atoms with van der Waals surface area (Å²) < 4.78 is 9.39. The average Bonchev–Trinajstić information content (AvgIpc) is 2.80. The summed E-state index contributed by atoms with van der Waals surface area (Å²) in [5.74, 6) is 0.108. The molecule has 1 fully saturated rings. The van der Waals surface area contributed by atoms with Gasteiger partial charge in [-0.3, -0.25) is 9.69 Å². The van der Waals surface area contributed by atoms with Gasteiger partial charge in [-0.2, -0.15) is 4.37 Å². The van der Waals surface area contributed by atoms with Crippen LogP contribution in [0.3, 0.4) is 0 Å². The van der Waals surface area contributed by atoms with Gasteiger partial charge in [-0.1, -0.05) is 0 Å². The topological polar surface area (TPSA) is 92.5 Å². The van der Waals surface area contributed by atoms with Gasteiger partial charge in [-0.05, 0) is 25.4 Å². The lowest BCUT2D eigenvalue weighted by Crippen LogP contribution is -2.39. The van der Waals surface area contributed by atoms with E-state index in [2.05, 4.69) is 19.9 Å². The van der Waals surface area contributed by atoms with Crippen molar-refractivity contribution in [3.8, 4) is 0 Å². The van der Waals surface area contributed by atoms with Crippen molar-refractivity contribution >= 4 is 28.3 Å². The third-order valence-electron chi connectivity index (χ3n) is 3.18. The number of nitrogens with two attached hydrogens (primary N) is 1. The molecule has 1 aromatic heterocycles. The fraction of sp³-hybridized carbons (Fsp3) is 0.692. The maximum atomic E-state index is 12.1. The molecule has 0 spiro atoms. The van der Waals surface area contributed by atoms with E-state index in [-0.39, 0.29) is 17.8 Å². The summed E-state index contributed by atoms with van der Waals surface area (Å²) in [6.07, 6.45) is 0. The SMILES string of the molecule is CC(C)NC(=O)c1c(N)nsc1NCCN1CCOCC1. The first-order chi connectivity index (χ1) is 10.1. The summed E-state index contributed by atoms with van der Waals surface area (Å²) in [6, 6.07) is 0.0676. The van der Waals surface area contributed by atoms with Crippen molar-refractivity contribution in [1.29, 1.82) is 0 Å². The Labute approximate surface area is 129 Å². The number of nitrogens with zero attached hydrogens (tertiary/aromatic N) is 2. The predicted octanol–water partition coefficient (Wildman–Crippen LogP) is 0.608. The van der Waals surface area contributed by atoms with Crippen LogP contribution >= 0.6 is 11.5 Å². The van der Waals surface area contributed by atoms with Crippen molar-refractivity contribution in [2.24, 2.45) is 0 Å². The summed E-state index contributed by atoms with van der Waals surface area (Å²) in [7, 11) is 0. The number of nitrogen functional groups attached to an aromatic ring is 1. The van der Waals surface area contributed by atoms with Crippen molar-refractivity contribution in [3.63, 3.8) is 0 Å². The Bertz CT molecular complexity index is 471. The Kier molecular flexibility index (Phi) is 5.77. The van der Waals surface area contributed by atoms with Gasteiger partial charge in [0.05, 0.1) is 13.2 Å². The third kappa shape index (κ3) is 4.55. The summed E-state index contributed by atoms with van der Waals surface area (Å²) in [6.45, 7) is 8.97. The van der Waals surface area contributed by atoms with Crippen molar-refractivity contribution in [2.45, 2.75) is 19.9 Å². The van der Waals surface area contributed by atoms with E-state index >= 15 is 0 Å². The minimum atomic E-state index is -0.176. The minimum Gasteiger partial charge on any atom is -0.382 e. The summed E-state index contributed by atoms with van der Waals surface area (Å²) in [4.78, 5) is 14.5. The van der Waals surface area contributed by atoms with Crippen LogP contribution in [0.4, 0.5) is 10.8 Å². The molecule has 2 heterocycles. The average molecular weight is 313 g/mol. The lowest BCUT2D eigenvalue weighted by Gasteiger charge is -2.26. The molecule has 21 heavy (non-hydrogen) atoms. The molecule has 4 N–H and O–H groups in total. The monoisotopic (exact) mass is 313 g/mol. The van der Waals surface area contributed by atoms with Gasteiger partial charge in [0.15, 0.2) is 5.82 Å². The molecule has 2 rings (SSSR count). The summed E-state index contributed by atoms with van der Waals surface area (Å²) in [5.41, 5.74) is 6.26. The second-order valence-electron chi connectivity index (χ2n) is 5.28. The van der Waals surface area contributed by atoms with Gasteiger partial charge in [-0.25, -0.2) is 0 Å². The maximum Gasteiger partial charge on any atom is 0.258 e. The van der Waals surface area contributed by atoms with Crippen LogP contribution in [0.1, 0.15) is 24.2 Å². The zero-order chi connectivity index (χ0) is 15.2. The molecule has 1 aliphatic heterocycles. The van der Waals surface area contributed by atoms with Gasteiger partial charge >= 0.3 is 0 Å². The first kappa shape index (κ1) is 16.0. The number of hydrogen-bond donors (Lipinski definition) is 3. The minimum absolute atomic E-state index is 0.0676. The van der Waals surface area contributed by atoms with Gasteiger partial charge in [0.25, 0.3) is 5.91 Å². The number of aromatic nitrogens is 1. The largest absolute Gasteiger partial charge is 0.382 e. The molecule has 1 amide bonds. The molecule has 1 aliphatic rings. The Hall–Kier alpha value is -1.38. The van der Waals surface area contributed by atoms with Crippen molar-refractivity contribution in [2.75, 3.05) is 50.4 Å². The van der Waals surface area contributed by atoms with Crippen molar-refractivity contribution in [3.05, 3.63) is 5.56 Å². The van der Waals surface area contributed by atoms with E-state index in [0.29, 0.717) is 5.56 Å². The van der Waals surface area contributed by atoms with Crippen LogP contribution in [0.15, 0.2) is 0 Å². The highest BCUT2D eigenvalue weighted by atomic mass is 32.1. The molecule has 0 aliphatic carbocycles. The zero-order valence-corrected chi connectivity index (χ0v) is 13.3. The lowest BCUT2D eigenvalue weighted by molar-refractivity contribution is 0.0398. The van der Waals surface area contributed by atoms with Gasteiger partial charge in [0.1, 0.15) is 10.6 Å². The summed E-state index contributed by atoms with van der Waals surface area (Å²) in [5, 5.41) is 6.85. The van der Waals surface area contributed by atoms with E-state index in [0.717, 1.165) is 44.4 Å². The molecule has 0 radical (unpaired) electrons. The maximum absolute atomic E-state index is 12.1. The Morgan fingerprint density at radius 2 is 2.19 bits per heavy atom. The predicted molar refractivity (Wildman–Crippen MR) is 84.9 cm³/mol. The molecule has 0 bridgehead atoms. The van der Waals surface area contributed by atoms with Crippen LogP contribution in [0.25, 0.3) is 0 Å². The van der Waals surface area contributed by atoms with E-state index in [9.17, 15) is 4.79 Å². The van der Waals surface area contributed by atoms with Gasteiger partial charge in [0, 0.05) is 32.2 Å². The molecule has 0 atom stereocenters. The van der Waals surface area contributed by atoms with Crippen LogP contribution in [0, 0.1) is 0 Å². The molecule has 0 saturated carbocycles. The van der Waals surface area contributed by atoms with Crippen molar-refractivity contribution < 1.29 is 9.53 Å². The highest BCUT2D eigenvalue weighted by Gasteiger charge is 2.20. The molecule has 118 valence electrons. The van der Waals surface area contributed by atoms with Crippen LogP contribution in [0.5, 0.6) is 0 Å². The van der Waals surface area contributed by atoms with Gasteiger partial charge in [-0.15, -0.1) is 0 Å². The number of hydrogen-bond acceptors (Lipinski definition) is 7. The number of ether oxygens (including phenoxy) is 1. The first-order valence-corrected chi connectivity index (χ1v) is 7.95. The van der Waals surface area contributed by atoms with Gasteiger partial charge < -0.3 is 21.1 Å². The van der Waals surface area contributed by atoms with Crippen LogP contribution in [-0.4, -0.2) is 60.6 Å². The Morgan fingerprint density at radius 3 is 2.86 bits per heavy atom. The van der Waals surface area contributed by atoms with Crippen molar-refractivity contribution in [1.82, 2.24) is 14.6 Å². The Morgan fingerprint density at radius 1 is 1.48 bits per heavy atom. The highest BCUT2D eigenvalue weighted by molar-refractivity contribution is 7.11. The normalized spacial score (nSPS) is 16.1.